The first kappa shape index (κ1) is 21.5. The quantitative estimate of drug-likeness (QED) is 0.465. The lowest BCUT2D eigenvalue weighted by molar-refractivity contribution is -0.120. The van der Waals surface area contributed by atoms with Crippen molar-refractivity contribution in [1.82, 2.24) is 4.31 Å². The Morgan fingerprint density at radius 2 is 1.79 bits per heavy atom. The molecule has 7 nitrogen and oxygen atoms in total. The van der Waals surface area contributed by atoms with E-state index in [1.54, 1.807) is 43.5 Å². The minimum absolute atomic E-state index is 0.137. The van der Waals surface area contributed by atoms with Crippen LogP contribution in [0.4, 0.5) is 5.69 Å². The fraction of sp³-hybridized carbons (Fsp3) is 0.240. The Bertz CT molecular complexity index is 1430. The maximum Gasteiger partial charge on any atom is 0.243 e. The van der Waals surface area contributed by atoms with Gasteiger partial charge in [-0.2, -0.15) is 4.31 Å². The number of sulfonamides is 1. The zero-order valence-electron chi connectivity index (χ0n) is 18.2. The van der Waals surface area contributed by atoms with Crippen LogP contribution in [0.1, 0.15) is 12.8 Å². The first-order valence-electron chi connectivity index (χ1n) is 10.8. The number of amides is 1. The van der Waals surface area contributed by atoms with Crippen molar-refractivity contribution in [2.75, 3.05) is 25.5 Å². The molecule has 170 valence electrons. The van der Waals surface area contributed by atoms with Gasteiger partial charge in [-0.15, -0.1) is 0 Å². The van der Waals surface area contributed by atoms with Gasteiger partial charge in [-0.05, 0) is 37.1 Å². The van der Waals surface area contributed by atoms with Gasteiger partial charge in [0, 0.05) is 29.9 Å². The molecule has 1 unspecified atom stereocenters. The summed E-state index contributed by atoms with van der Waals surface area (Å²) in [5.74, 6) is -0.183. The third-order valence-electron chi connectivity index (χ3n) is 6.09. The molecule has 2 heterocycles. The van der Waals surface area contributed by atoms with Crippen molar-refractivity contribution in [3.63, 3.8) is 0 Å². The molecule has 5 rings (SSSR count). The normalized spacial score (nSPS) is 17.3. The number of para-hydroxylation sites is 1. The van der Waals surface area contributed by atoms with E-state index in [1.807, 2.05) is 30.3 Å². The molecule has 0 saturated carbocycles. The lowest BCUT2D eigenvalue weighted by Crippen LogP contribution is -2.43. The largest absolute Gasteiger partial charge is 0.495 e. The summed E-state index contributed by atoms with van der Waals surface area (Å²) in [5.41, 5.74) is 1.90. The van der Waals surface area contributed by atoms with Crippen LogP contribution in [-0.2, 0) is 14.8 Å². The first-order valence-corrected chi connectivity index (χ1v) is 12.3. The lowest BCUT2D eigenvalue weighted by Gasteiger charge is -2.31. The van der Waals surface area contributed by atoms with Crippen LogP contribution in [0.2, 0.25) is 0 Å². The Kier molecular flexibility index (Phi) is 5.55. The summed E-state index contributed by atoms with van der Waals surface area (Å²) in [6.07, 6.45) is 1.23. The van der Waals surface area contributed by atoms with Gasteiger partial charge in [-0.25, -0.2) is 8.42 Å². The Balaban J connectivity index is 1.39. The number of ether oxygens (including phenoxy) is 1. The minimum atomic E-state index is -3.64. The van der Waals surface area contributed by atoms with Crippen LogP contribution in [-0.4, -0.2) is 38.8 Å². The number of hydrogen-bond donors (Lipinski definition) is 1. The van der Waals surface area contributed by atoms with Crippen molar-refractivity contribution < 1.29 is 22.4 Å². The van der Waals surface area contributed by atoms with Crippen LogP contribution in [0.15, 0.2) is 76.0 Å². The van der Waals surface area contributed by atoms with Crippen LogP contribution in [0.3, 0.4) is 0 Å². The molecule has 0 radical (unpaired) electrons. The molecule has 1 aromatic heterocycles. The molecule has 0 spiro atoms. The molecule has 0 aliphatic carbocycles. The highest BCUT2D eigenvalue weighted by atomic mass is 32.2. The highest BCUT2D eigenvalue weighted by molar-refractivity contribution is 7.89. The number of carbonyl (C=O) groups is 1. The molecule has 3 aromatic carbocycles. The number of hydrogen-bond acceptors (Lipinski definition) is 5. The summed E-state index contributed by atoms with van der Waals surface area (Å²) in [4.78, 5) is 13.4. The molecular weight excluding hydrogens is 440 g/mol. The maximum atomic E-state index is 13.1. The summed E-state index contributed by atoms with van der Waals surface area (Å²) >= 11 is 0. The van der Waals surface area contributed by atoms with Crippen LogP contribution in [0.5, 0.6) is 5.75 Å². The third kappa shape index (κ3) is 3.96. The Labute approximate surface area is 192 Å². The Morgan fingerprint density at radius 1 is 1.03 bits per heavy atom. The molecule has 1 fully saturated rings. The van der Waals surface area contributed by atoms with Gasteiger partial charge in [0.15, 0.2) is 0 Å². The van der Waals surface area contributed by atoms with E-state index in [9.17, 15) is 13.2 Å². The number of nitrogens with one attached hydrogen (secondary N) is 1. The number of benzene rings is 3. The second kappa shape index (κ2) is 8.53. The van der Waals surface area contributed by atoms with Gasteiger partial charge in [0.25, 0.3) is 0 Å². The van der Waals surface area contributed by atoms with Gasteiger partial charge in [-0.1, -0.05) is 36.4 Å². The van der Waals surface area contributed by atoms with Crippen molar-refractivity contribution >= 4 is 43.6 Å². The van der Waals surface area contributed by atoms with E-state index in [0.29, 0.717) is 36.4 Å². The van der Waals surface area contributed by atoms with Crippen molar-refractivity contribution in [2.45, 2.75) is 17.7 Å². The van der Waals surface area contributed by atoms with Crippen LogP contribution < -0.4 is 10.1 Å². The summed E-state index contributed by atoms with van der Waals surface area (Å²) < 4.78 is 38.9. The number of methoxy groups -OCH3 is 1. The minimum Gasteiger partial charge on any atom is -0.495 e. The predicted molar refractivity (Wildman–Crippen MR) is 127 cm³/mol. The van der Waals surface area contributed by atoms with Gasteiger partial charge in [0.05, 0.1) is 23.6 Å². The van der Waals surface area contributed by atoms with E-state index >= 15 is 0 Å². The summed E-state index contributed by atoms with van der Waals surface area (Å²) in [6.45, 7) is 0.535. The Hall–Kier alpha value is -3.36. The first-order chi connectivity index (χ1) is 16.0. The highest BCUT2D eigenvalue weighted by Gasteiger charge is 2.33. The fourth-order valence-electron chi connectivity index (χ4n) is 4.37. The Morgan fingerprint density at radius 3 is 2.58 bits per heavy atom. The lowest BCUT2D eigenvalue weighted by atomic mass is 9.98. The number of nitrogens with zero attached hydrogens (tertiary/aromatic N) is 1. The van der Waals surface area contributed by atoms with Crippen LogP contribution >= 0.6 is 0 Å². The van der Waals surface area contributed by atoms with Gasteiger partial charge in [-0.3, -0.25) is 4.79 Å². The van der Waals surface area contributed by atoms with Crippen LogP contribution in [0, 0.1) is 5.92 Å². The molecule has 0 bridgehead atoms. The van der Waals surface area contributed by atoms with E-state index in [2.05, 4.69) is 5.32 Å². The number of piperidine rings is 1. The van der Waals surface area contributed by atoms with Crippen molar-refractivity contribution in [2.24, 2.45) is 5.92 Å². The van der Waals surface area contributed by atoms with Gasteiger partial charge in [0.2, 0.25) is 15.9 Å². The average Bonchev–Trinajstić information content (AvgIpc) is 3.21. The number of fused-ring (bicyclic) bond motifs is 3. The molecule has 1 aliphatic heterocycles. The number of rotatable bonds is 5. The van der Waals surface area contributed by atoms with E-state index < -0.39 is 15.9 Å². The monoisotopic (exact) mass is 464 g/mol. The van der Waals surface area contributed by atoms with Crippen molar-refractivity contribution in [3.8, 4) is 5.75 Å². The fourth-order valence-corrected chi connectivity index (χ4v) is 5.91. The summed E-state index contributed by atoms with van der Waals surface area (Å²) in [7, 11) is -2.09. The van der Waals surface area contributed by atoms with Gasteiger partial charge < -0.3 is 14.5 Å². The summed E-state index contributed by atoms with van der Waals surface area (Å²) in [6, 6.07) is 19.6. The molecule has 1 N–H and O–H groups in total. The molecule has 33 heavy (non-hydrogen) atoms. The van der Waals surface area contributed by atoms with Crippen molar-refractivity contribution in [3.05, 3.63) is 66.7 Å². The number of furan rings is 1. The van der Waals surface area contributed by atoms with E-state index in [-0.39, 0.29) is 17.3 Å². The third-order valence-corrected chi connectivity index (χ3v) is 7.97. The smallest absolute Gasteiger partial charge is 0.243 e. The second-order valence-electron chi connectivity index (χ2n) is 8.15. The summed E-state index contributed by atoms with van der Waals surface area (Å²) in [5, 5.41) is 4.81. The zero-order chi connectivity index (χ0) is 23.0. The second-order valence-corrected chi connectivity index (χ2v) is 10.1. The number of carbonyl (C=O) groups excluding carboxylic acids is 1. The SMILES string of the molecule is COc1cc2c(cc1NC(=O)C1CCCN(S(=O)(=O)c3ccccc3)C1)oc1ccccc12. The molecule has 1 amide bonds. The van der Waals surface area contributed by atoms with Gasteiger partial charge in [0.1, 0.15) is 16.9 Å². The standard InChI is InChI=1S/C25H24N2O5S/c1-31-24-14-20-19-11-5-6-12-22(19)32-23(20)15-21(24)26-25(28)17-8-7-13-27(16-17)33(29,30)18-9-3-2-4-10-18/h2-6,9-12,14-15,17H,7-8,13,16H2,1H3,(H,26,28). The van der Waals surface area contributed by atoms with E-state index in [1.165, 1.54) is 4.31 Å². The van der Waals surface area contributed by atoms with Gasteiger partial charge >= 0.3 is 0 Å². The average molecular weight is 465 g/mol. The molecular formula is C25H24N2O5S. The molecule has 1 aliphatic rings. The molecule has 1 atom stereocenters. The number of anilines is 1. The van der Waals surface area contributed by atoms with E-state index in [4.69, 9.17) is 9.15 Å². The van der Waals surface area contributed by atoms with Crippen molar-refractivity contribution in [1.29, 1.82) is 0 Å². The molecule has 4 aromatic rings. The predicted octanol–water partition coefficient (Wildman–Crippen LogP) is 4.63. The molecule has 1 saturated heterocycles. The van der Waals surface area contributed by atoms with E-state index in [0.717, 1.165) is 16.4 Å². The van der Waals surface area contributed by atoms with Crippen LogP contribution in [0.25, 0.3) is 21.9 Å². The highest BCUT2D eigenvalue weighted by Crippen LogP contribution is 2.37. The maximum absolute atomic E-state index is 13.1. The molecule has 8 heteroatoms. The zero-order valence-corrected chi connectivity index (χ0v) is 19.0. The topological polar surface area (TPSA) is 88.9 Å².